The number of hydrogen-bond donors (Lipinski definition) is 0. The average molecular weight is 574 g/mol. The van der Waals surface area contributed by atoms with Gasteiger partial charge in [0.1, 0.15) is 11.2 Å². The van der Waals surface area contributed by atoms with Crippen LogP contribution in [0.4, 0.5) is 0 Å². The summed E-state index contributed by atoms with van der Waals surface area (Å²) in [5.74, 6) is 0.745. The first kappa shape index (κ1) is 24.3. The second-order valence-electron chi connectivity index (χ2n) is 11.5. The Bertz CT molecular complexity index is 2650. The van der Waals surface area contributed by atoms with Crippen molar-refractivity contribution < 1.29 is 0 Å². The van der Waals surface area contributed by atoms with Crippen LogP contribution in [0, 0.1) is 0 Å². The molecule has 45 heavy (non-hydrogen) atoms. The maximum absolute atomic E-state index is 5.31. The van der Waals surface area contributed by atoms with Gasteiger partial charge in [-0.3, -0.25) is 9.55 Å². The minimum Gasteiger partial charge on any atom is -0.292 e. The van der Waals surface area contributed by atoms with Crippen LogP contribution in [-0.2, 0) is 0 Å². The molecule has 0 radical (unpaired) electrons. The molecule has 0 saturated heterocycles. The zero-order valence-electron chi connectivity index (χ0n) is 24.0. The van der Waals surface area contributed by atoms with Gasteiger partial charge in [-0.05, 0) is 63.4 Å². The second-order valence-corrected chi connectivity index (χ2v) is 11.5. The first-order valence-corrected chi connectivity index (χ1v) is 15.1. The molecule has 4 aromatic heterocycles. The Balaban J connectivity index is 1.36. The fraction of sp³-hybridized carbons (Fsp3) is 0. The summed E-state index contributed by atoms with van der Waals surface area (Å²) < 4.78 is 2.29. The summed E-state index contributed by atoms with van der Waals surface area (Å²) in [6, 6.07) is 44.7. The summed E-state index contributed by atoms with van der Waals surface area (Å²) in [5.41, 5.74) is 12.1. The summed E-state index contributed by atoms with van der Waals surface area (Å²) in [5, 5.41) is 4.95. The molecule has 0 fully saturated rings. The van der Waals surface area contributed by atoms with Crippen LogP contribution in [0.3, 0.4) is 0 Å². The highest BCUT2D eigenvalue weighted by molar-refractivity contribution is 6.30. The monoisotopic (exact) mass is 573 g/mol. The molecular weight excluding hydrogens is 550 g/mol. The van der Waals surface area contributed by atoms with Gasteiger partial charge in [0.2, 0.25) is 0 Å². The SMILES string of the molecule is c1ccc(-c2cccc(-c3nc4cnccc4nc3-n3c4cccc5c4c4c6c(cccc6ccc43)-c3ccccc3-5)n2)cc1. The number of fused-ring (bicyclic) bond motifs is 4. The standard InChI is InChI=1S/C40H23N5/c1-2-9-24(10-3-1)30-16-8-17-32(42-30)39-40(44-31-21-22-41-23-33(31)43-39)45-34-18-7-15-29-27-13-5-4-12-26(27)28-14-6-11-25-19-20-35(45)38(36(25)28)37(29)34/h1-23H. The van der Waals surface area contributed by atoms with Crippen molar-refractivity contribution in [1.29, 1.82) is 0 Å². The largest absolute Gasteiger partial charge is 0.292 e. The lowest BCUT2D eigenvalue weighted by molar-refractivity contribution is 1.07. The highest BCUT2D eigenvalue weighted by Gasteiger charge is 2.26. The molecule has 9 aromatic rings. The Kier molecular flexibility index (Phi) is 4.93. The van der Waals surface area contributed by atoms with Crippen LogP contribution >= 0.6 is 0 Å². The third-order valence-corrected chi connectivity index (χ3v) is 9.03. The van der Waals surface area contributed by atoms with E-state index in [0.29, 0.717) is 5.69 Å². The van der Waals surface area contributed by atoms with Crippen molar-refractivity contribution in [2.24, 2.45) is 0 Å². The van der Waals surface area contributed by atoms with Crippen LogP contribution in [0.5, 0.6) is 0 Å². The molecule has 5 nitrogen and oxygen atoms in total. The summed E-state index contributed by atoms with van der Waals surface area (Å²) in [4.78, 5) is 20.0. The Labute approximate surface area is 258 Å². The van der Waals surface area contributed by atoms with E-state index in [0.717, 1.165) is 44.8 Å². The van der Waals surface area contributed by atoms with Gasteiger partial charge in [-0.1, -0.05) is 97.1 Å². The van der Waals surface area contributed by atoms with E-state index in [-0.39, 0.29) is 0 Å². The van der Waals surface area contributed by atoms with Gasteiger partial charge in [0.05, 0.1) is 34.1 Å². The van der Waals surface area contributed by atoms with E-state index in [4.69, 9.17) is 15.0 Å². The molecule has 1 aliphatic rings. The lowest BCUT2D eigenvalue weighted by atomic mass is 9.93. The molecule has 0 N–H and O–H groups in total. The first-order valence-electron chi connectivity index (χ1n) is 15.1. The van der Waals surface area contributed by atoms with E-state index < -0.39 is 0 Å². The fourth-order valence-electron chi connectivity index (χ4n) is 7.12. The van der Waals surface area contributed by atoms with E-state index in [1.54, 1.807) is 12.4 Å². The molecule has 0 aliphatic heterocycles. The van der Waals surface area contributed by atoms with Gasteiger partial charge in [-0.15, -0.1) is 0 Å². The van der Waals surface area contributed by atoms with Gasteiger partial charge in [-0.2, -0.15) is 0 Å². The normalized spacial score (nSPS) is 12.0. The van der Waals surface area contributed by atoms with Crippen LogP contribution in [0.1, 0.15) is 0 Å². The summed E-state index contributed by atoms with van der Waals surface area (Å²) in [7, 11) is 0. The molecular formula is C40H23N5. The molecule has 1 aliphatic carbocycles. The summed E-state index contributed by atoms with van der Waals surface area (Å²) in [6.45, 7) is 0. The lowest BCUT2D eigenvalue weighted by Crippen LogP contribution is -2.05. The molecule has 0 bridgehead atoms. The highest BCUT2D eigenvalue weighted by Crippen LogP contribution is 2.49. The second kappa shape index (κ2) is 9.15. The van der Waals surface area contributed by atoms with Crippen LogP contribution in [-0.4, -0.2) is 24.5 Å². The summed E-state index contributed by atoms with van der Waals surface area (Å²) >= 11 is 0. The van der Waals surface area contributed by atoms with Gasteiger partial charge < -0.3 is 0 Å². The molecule has 0 saturated carbocycles. The van der Waals surface area contributed by atoms with E-state index in [1.165, 1.54) is 43.8 Å². The molecule has 0 unspecified atom stereocenters. The third-order valence-electron chi connectivity index (χ3n) is 9.03. The molecule has 0 spiro atoms. The van der Waals surface area contributed by atoms with Crippen molar-refractivity contribution in [3.63, 3.8) is 0 Å². The maximum atomic E-state index is 5.31. The van der Waals surface area contributed by atoms with Crippen LogP contribution in [0.2, 0.25) is 0 Å². The van der Waals surface area contributed by atoms with Gasteiger partial charge in [-0.25, -0.2) is 15.0 Å². The highest BCUT2D eigenvalue weighted by atomic mass is 15.1. The maximum Gasteiger partial charge on any atom is 0.166 e. The van der Waals surface area contributed by atoms with E-state index >= 15 is 0 Å². The first-order chi connectivity index (χ1) is 22.3. The van der Waals surface area contributed by atoms with Crippen molar-refractivity contribution in [3.8, 4) is 50.7 Å². The van der Waals surface area contributed by atoms with Crippen LogP contribution in [0.25, 0.3) is 94.3 Å². The quantitative estimate of drug-likeness (QED) is 0.211. The van der Waals surface area contributed by atoms with E-state index in [2.05, 4.69) is 94.5 Å². The third kappa shape index (κ3) is 3.43. The Morgan fingerprint density at radius 3 is 2.02 bits per heavy atom. The van der Waals surface area contributed by atoms with Gasteiger partial charge in [0.15, 0.2) is 5.82 Å². The topological polar surface area (TPSA) is 56.5 Å². The Morgan fingerprint density at radius 2 is 1.16 bits per heavy atom. The Hall–Kier alpha value is -6.20. The zero-order chi connectivity index (χ0) is 29.5. The number of pyridine rings is 2. The lowest BCUT2D eigenvalue weighted by Gasteiger charge is -2.15. The summed E-state index contributed by atoms with van der Waals surface area (Å²) in [6.07, 6.45) is 3.55. The molecule has 5 heteroatoms. The number of hydrogen-bond acceptors (Lipinski definition) is 4. The number of benzene rings is 5. The fourth-order valence-corrected chi connectivity index (χ4v) is 7.12. The van der Waals surface area contributed by atoms with Crippen molar-refractivity contribution in [2.75, 3.05) is 0 Å². The average Bonchev–Trinajstić information content (AvgIpc) is 3.39. The van der Waals surface area contributed by atoms with E-state index in [9.17, 15) is 0 Å². The van der Waals surface area contributed by atoms with Crippen molar-refractivity contribution in [2.45, 2.75) is 0 Å². The number of nitrogens with zero attached hydrogens (tertiary/aromatic N) is 5. The van der Waals surface area contributed by atoms with Gasteiger partial charge in [0, 0.05) is 22.5 Å². The minimum absolute atomic E-state index is 0.711. The zero-order valence-corrected chi connectivity index (χ0v) is 24.0. The molecule has 0 atom stereocenters. The van der Waals surface area contributed by atoms with Crippen LogP contribution < -0.4 is 0 Å². The van der Waals surface area contributed by atoms with Crippen molar-refractivity contribution >= 4 is 43.6 Å². The number of rotatable bonds is 3. The molecule has 5 aromatic carbocycles. The van der Waals surface area contributed by atoms with Crippen LogP contribution in [0.15, 0.2) is 140 Å². The van der Waals surface area contributed by atoms with Gasteiger partial charge >= 0.3 is 0 Å². The number of aromatic nitrogens is 5. The van der Waals surface area contributed by atoms with E-state index in [1.807, 2.05) is 42.5 Å². The smallest absolute Gasteiger partial charge is 0.166 e. The van der Waals surface area contributed by atoms with Crippen molar-refractivity contribution in [1.82, 2.24) is 24.5 Å². The molecule has 10 rings (SSSR count). The predicted molar refractivity (Wildman–Crippen MR) is 182 cm³/mol. The minimum atomic E-state index is 0.711. The predicted octanol–water partition coefficient (Wildman–Crippen LogP) is 9.65. The molecule has 208 valence electrons. The molecule has 4 heterocycles. The van der Waals surface area contributed by atoms with Crippen molar-refractivity contribution in [3.05, 3.63) is 140 Å². The van der Waals surface area contributed by atoms with Gasteiger partial charge in [0.25, 0.3) is 0 Å². The molecule has 0 amide bonds. The Morgan fingerprint density at radius 1 is 0.444 bits per heavy atom.